The van der Waals surface area contributed by atoms with Gasteiger partial charge < -0.3 is 20.1 Å². The molecule has 0 saturated carbocycles. The van der Waals surface area contributed by atoms with Gasteiger partial charge in [0, 0.05) is 29.4 Å². The highest BCUT2D eigenvalue weighted by Crippen LogP contribution is 2.29. The van der Waals surface area contributed by atoms with Crippen molar-refractivity contribution in [2.45, 2.75) is 6.61 Å². The van der Waals surface area contributed by atoms with Crippen LogP contribution in [0.2, 0.25) is 0 Å². The third-order valence-electron chi connectivity index (χ3n) is 4.49. The average molecular weight is 386 g/mol. The third kappa shape index (κ3) is 4.28. The molecule has 1 heterocycles. The van der Waals surface area contributed by atoms with Crippen LogP contribution < -0.4 is 15.4 Å². The number of ether oxygens (including phenoxy) is 2. The quantitative estimate of drug-likeness (QED) is 0.451. The predicted octanol–water partition coefficient (Wildman–Crippen LogP) is 5.27. The molecule has 6 heteroatoms. The lowest BCUT2D eigenvalue weighted by Crippen LogP contribution is -2.04. The maximum absolute atomic E-state index is 5.36. The zero-order valence-electron chi connectivity index (χ0n) is 16.3. The molecule has 0 atom stereocenters. The summed E-state index contributed by atoms with van der Waals surface area (Å²) >= 11 is 0. The van der Waals surface area contributed by atoms with Gasteiger partial charge in [-0.2, -0.15) is 4.98 Å². The van der Waals surface area contributed by atoms with Crippen LogP contribution >= 0.6 is 0 Å². The molecule has 6 nitrogen and oxygen atoms in total. The molecule has 0 saturated heterocycles. The first kappa shape index (κ1) is 18.7. The number of hydrogen-bond donors (Lipinski definition) is 2. The van der Waals surface area contributed by atoms with Crippen molar-refractivity contribution in [1.82, 2.24) is 9.97 Å². The number of fused-ring (bicyclic) bond motifs is 1. The topological polar surface area (TPSA) is 68.3 Å². The normalized spacial score (nSPS) is 10.7. The smallest absolute Gasteiger partial charge is 0.229 e. The summed E-state index contributed by atoms with van der Waals surface area (Å²) < 4.78 is 10.6. The van der Waals surface area contributed by atoms with Gasteiger partial charge in [-0.1, -0.05) is 30.3 Å². The van der Waals surface area contributed by atoms with E-state index in [1.165, 1.54) is 0 Å². The summed E-state index contributed by atoms with van der Waals surface area (Å²) in [5.74, 6) is 2.03. The second kappa shape index (κ2) is 8.58. The fourth-order valence-corrected chi connectivity index (χ4v) is 3.10. The lowest BCUT2D eigenvalue weighted by atomic mass is 10.1. The Morgan fingerprint density at radius 1 is 0.759 bits per heavy atom. The van der Waals surface area contributed by atoms with E-state index in [-0.39, 0.29) is 0 Å². The maximum atomic E-state index is 5.36. The standard InChI is InChI=1S/C23H22N4O2/c1-28-15-16-7-6-10-20-21(16)26-23(25-18-11-13-19(29-2)14-12-18)27-22(20)24-17-8-4-3-5-9-17/h3-14H,15H2,1-2H3,(H2,24,25,26,27). The van der Waals surface area contributed by atoms with Gasteiger partial charge in [0.15, 0.2) is 0 Å². The number of methoxy groups -OCH3 is 2. The van der Waals surface area contributed by atoms with Gasteiger partial charge in [-0.25, -0.2) is 4.98 Å². The summed E-state index contributed by atoms with van der Waals surface area (Å²) in [6, 6.07) is 23.6. The van der Waals surface area contributed by atoms with Crippen molar-refractivity contribution in [3.63, 3.8) is 0 Å². The molecule has 3 aromatic carbocycles. The first-order valence-corrected chi connectivity index (χ1v) is 9.28. The fourth-order valence-electron chi connectivity index (χ4n) is 3.10. The van der Waals surface area contributed by atoms with Crippen LogP contribution in [-0.2, 0) is 11.3 Å². The highest BCUT2D eigenvalue weighted by Gasteiger charge is 2.12. The van der Waals surface area contributed by atoms with Gasteiger partial charge in [0.2, 0.25) is 5.95 Å². The molecule has 0 radical (unpaired) electrons. The minimum absolute atomic E-state index is 0.473. The Morgan fingerprint density at radius 3 is 2.24 bits per heavy atom. The van der Waals surface area contributed by atoms with Crippen LogP contribution in [0.5, 0.6) is 5.75 Å². The molecule has 29 heavy (non-hydrogen) atoms. The van der Waals surface area contributed by atoms with Crippen molar-refractivity contribution in [3.8, 4) is 5.75 Å². The maximum Gasteiger partial charge on any atom is 0.229 e. The SMILES string of the molecule is COCc1cccc2c(Nc3ccccc3)nc(Nc3ccc(OC)cc3)nc12. The van der Waals surface area contributed by atoms with Crippen molar-refractivity contribution in [1.29, 1.82) is 0 Å². The Balaban J connectivity index is 1.77. The van der Waals surface area contributed by atoms with E-state index in [0.29, 0.717) is 12.6 Å². The zero-order chi connectivity index (χ0) is 20.1. The van der Waals surface area contributed by atoms with Gasteiger partial charge in [0.1, 0.15) is 11.6 Å². The van der Waals surface area contributed by atoms with Crippen molar-refractivity contribution >= 4 is 34.0 Å². The molecule has 4 rings (SSSR count). The van der Waals surface area contributed by atoms with Gasteiger partial charge in [-0.3, -0.25) is 0 Å². The minimum atomic E-state index is 0.473. The lowest BCUT2D eigenvalue weighted by molar-refractivity contribution is 0.186. The highest BCUT2D eigenvalue weighted by atomic mass is 16.5. The van der Waals surface area contributed by atoms with E-state index in [0.717, 1.165) is 39.4 Å². The van der Waals surface area contributed by atoms with Crippen LogP contribution in [-0.4, -0.2) is 24.2 Å². The average Bonchev–Trinajstić information content (AvgIpc) is 2.76. The van der Waals surface area contributed by atoms with Crippen LogP contribution in [0.25, 0.3) is 10.9 Å². The zero-order valence-corrected chi connectivity index (χ0v) is 16.3. The van der Waals surface area contributed by atoms with Crippen molar-refractivity contribution in [3.05, 3.63) is 78.4 Å². The molecule has 0 fully saturated rings. The van der Waals surface area contributed by atoms with E-state index >= 15 is 0 Å². The molecule has 2 N–H and O–H groups in total. The number of rotatable bonds is 7. The Morgan fingerprint density at radius 2 is 1.52 bits per heavy atom. The molecule has 0 aliphatic heterocycles. The molecule has 1 aromatic heterocycles. The van der Waals surface area contributed by atoms with Crippen molar-refractivity contribution in [2.75, 3.05) is 24.9 Å². The largest absolute Gasteiger partial charge is 0.497 e. The van der Waals surface area contributed by atoms with E-state index in [1.54, 1.807) is 14.2 Å². The molecule has 0 amide bonds. The van der Waals surface area contributed by atoms with Gasteiger partial charge in [-0.05, 0) is 42.5 Å². The third-order valence-corrected chi connectivity index (χ3v) is 4.49. The summed E-state index contributed by atoms with van der Waals surface area (Å²) in [5.41, 5.74) is 3.68. The van der Waals surface area contributed by atoms with Gasteiger partial charge in [0.05, 0.1) is 19.2 Å². The molecular weight excluding hydrogens is 364 g/mol. The minimum Gasteiger partial charge on any atom is -0.497 e. The van der Waals surface area contributed by atoms with Crippen molar-refractivity contribution < 1.29 is 9.47 Å². The summed E-state index contributed by atoms with van der Waals surface area (Å²) in [6.45, 7) is 0.473. The van der Waals surface area contributed by atoms with Crippen LogP contribution in [0.1, 0.15) is 5.56 Å². The molecule has 146 valence electrons. The van der Waals surface area contributed by atoms with E-state index < -0.39 is 0 Å². The van der Waals surface area contributed by atoms with Crippen LogP contribution in [0, 0.1) is 0 Å². The number of hydrogen-bond acceptors (Lipinski definition) is 6. The van der Waals surface area contributed by atoms with Gasteiger partial charge >= 0.3 is 0 Å². The highest BCUT2D eigenvalue weighted by molar-refractivity contribution is 5.93. The van der Waals surface area contributed by atoms with Crippen molar-refractivity contribution in [2.24, 2.45) is 0 Å². The Kier molecular flexibility index (Phi) is 5.54. The number of nitrogens with one attached hydrogen (secondary N) is 2. The first-order valence-electron chi connectivity index (χ1n) is 9.28. The monoisotopic (exact) mass is 386 g/mol. The molecule has 4 aromatic rings. The molecule has 0 aliphatic rings. The summed E-state index contributed by atoms with van der Waals surface area (Å²) in [4.78, 5) is 9.49. The molecule has 0 bridgehead atoms. The van der Waals surface area contributed by atoms with E-state index in [2.05, 4.69) is 10.6 Å². The van der Waals surface area contributed by atoms with E-state index in [4.69, 9.17) is 19.4 Å². The van der Waals surface area contributed by atoms with E-state index in [9.17, 15) is 0 Å². The van der Waals surface area contributed by atoms with E-state index in [1.807, 2.05) is 72.8 Å². The summed E-state index contributed by atoms with van der Waals surface area (Å²) in [5, 5.41) is 7.63. The predicted molar refractivity (Wildman–Crippen MR) is 116 cm³/mol. The summed E-state index contributed by atoms with van der Waals surface area (Å²) in [7, 11) is 3.33. The second-order valence-corrected chi connectivity index (χ2v) is 6.49. The Labute approximate surface area is 169 Å². The van der Waals surface area contributed by atoms with Crippen LogP contribution in [0.15, 0.2) is 72.8 Å². The fraction of sp³-hybridized carbons (Fsp3) is 0.130. The molecule has 0 aliphatic carbocycles. The molecule has 0 spiro atoms. The Bertz CT molecular complexity index is 1100. The lowest BCUT2D eigenvalue weighted by Gasteiger charge is -2.14. The second-order valence-electron chi connectivity index (χ2n) is 6.49. The number of para-hydroxylation sites is 2. The van der Waals surface area contributed by atoms with Crippen LogP contribution in [0.3, 0.4) is 0 Å². The van der Waals surface area contributed by atoms with Crippen LogP contribution in [0.4, 0.5) is 23.1 Å². The molecular formula is C23H22N4O2. The van der Waals surface area contributed by atoms with Gasteiger partial charge in [-0.15, -0.1) is 0 Å². The Hall–Kier alpha value is -3.64. The molecule has 0 unspecified atom stereocenters. The number of aromatic nitrogens is 2. The summed E-state index contributed by atoms with van der Waals surface area (Å²) in [6.07, 6.45) is 0. The number of benzene rings is 3. The first-order chi connectivity index (χ1) is 14.3. The number of anilines is 4. The number of nitrogens with zero attached hydrogens (tertiary/aromatic N) is 2. The van der Waals surface area contributed by atoms with Gasteiger partial charge in [0.25, 0.3) is 0 Å².